The number of carbonyl (C=O) groups is 2. The summed E-state index contributed by atoms with van der Waals surface area (Å²) in [5.74, 6) is -0.851. The number of hydrogen-bond acceptors (Lipinski definition) is 5. The van der Waals surface area contributed by atoms with Gasteiger partial charge in [-0.3, -0.25) is 9.59 Å². The van der Waals surface area contributed by atoms with E-state index in [0.29, 0.717) is 6.42 Å². The second kappa shape index (κ2) is 35.9. The van der Waals surface area contributed by atoms with Gasteiger partial charge in [0.15, 0.2) is 18.0 Å². The number of esters is 1. The molecule has 0 aliphatic rings. The largest absolute Gasteiger partial charge is 0.457 e. The highest BCUT2D eigenvalue weighted by molar-refractivity contribution is 5.83. The van der Waals surface area contributed by atoms with Crippen molar-refractivity contribution in [3.63, 3.8) is 0 Å². The first kappa shape index (κ1) is 44.0. The van der Waals surface area contributed by atoms with Crippen LogP contribution in [-0.4, -0.2) is 40.8 Å². The van der Waals surface area contributed by atoms with Crippen molar-refractivity contribution in [2.24, 2.45) is 0 Å². The number of ether oxygens (including phenoxy) is 1. The fraction of sp³-hybridized carbons (Fsp3) is 0.756. The van der Waals surface area contributed by atoms with Gasteiger partial charge in [-0.15, -0.1) is 0 Å². The fourth-order valence-corrected chi connectivity index (χ4v) is 5.38. The van der Waals surface area contributed by atoms with Gasteiger partial charge in [0.2, 0.25) is 0 Å². The van der Waals surface area contributed by atoms with Crippen molar-refractivity contribution in [3.05, 3.63) is 48.6 Å². The monoisotopic (exact) mass is 645 g/mol. The summed E-state index contributed by atoms with van der Waals surface area (Å²) in [5.41, 5.74) is 0. The van der Waals surface area contributed by atoms with E-state index < -0.39 is 24.8 Å². The minimum Gasteiger partial charge on any atom is -0.457 e. The van der Waals surface area contributed by atoms with E-state index in [4.69, 9.17) is 4.74 Å². The predicted octanol–water partition coefficient (Wildman–Crippen LogP) is 11.2. The lowest BCUT2D eigenvalue weighted by molar-refractivity contribution is -0.161. The number of aliphatic hydroxyl groups excluding tert-OH is 2. The van der Waals surface area contributed by atoms with Crippen LogP contribution in [-0.2, 0) is 14.3 Å². The van der Waals surface area contributed by atoms with Gasteiger partial charge in [-0.1, -0.05) is 165 Å². The lowest BCUT2D eigenvalue weighted by Crippen LogP contribution is -2.40. The quantitative estimate of drug-likeness (QED) is 0.0414. The van der Waals surface area contributed by atoms with Crippen LogP contribution in [0.1, 0.15) is 181 Å². The number of carbonyl (C=O) groups excluding carboxylic acids is 2. The topological polar surface area (TPSA) is 83.8 Å². The van der Waals surface area contributed by atoms with E-state index in [2.05, 4.69) is 62.5 Å². The molecule has 0 saturated heterocycles. The smallest absolute Gasteiger partial charge is 0.306 e. The van der Waals surface area contributed by atoms with E-state index in [1.54, 1.807) is 0 Å². The van der Waals surface area contributed by atoms with E-state index in [1.807, 2.05) is 0 Å². The lowest BCUT2D eigenvalue weighted by atomic mass is 10.0. The molecule has 5 heteroatoms. The SMILES string of the molecule is CCCCC/C=C\C/C=C\C/C=C\C/C=C\CCCC(=O)OC(CO)C(O)C(=O)CCCCCCCCCCCCCCCCC. The van der Waals surface area contributed by atoms with Gasteiger partial charge >= 0.3 is 5.97 Å². The highest BCUT2D eigenvalue weighted by atomic mass is 16.6. The zero-order valence-corrected chi connectivity index (χ0v) is 30.0. The maximum atomic E-state index is 12.4. The number of ketones is 1. The molecule has 0 aromatic heterocycles. The molecule has 0 radical (unpaired) electrons. The van der Waals surface area contributed by atoms with Crippen molar-refractivity contribution in [1.82, 2.24) is 0 Å². The van der Waals surface area contributed by atoms with Crippen LogP contribution in [0, 0.1) is 0 Å². The first-order valence-corrected chi connectivity index (χ1v) is 19.2. The number of hydrogen-bond donors (Lipinski definition) is 2. The molecule has 5 nitrogen and oxygen atoms in total. The molecule has 0 heterocycles. The third-order valence-corrected chi connectivity index (χ3v) is 8.38. The fourth-order valence-electron chi connectivity index (χ4n) is 5.38. The van der Waals surface area contributed by atoms with Crippen LogP contribution >= 0.6 is 0 Å². The average Bonchev–Trinajstić information content (AvgIpc) is 3.06. The Kier molecular flexibility index (Phi) is 34.3. The highest BCUT2D eigenvalue weighted by Gasteiger charge is 2.28. The Hall–Kier alpha value is -1.98. The van der Waals surface area contributed by atoms with Gasteiger partial charge < -0.3 is 14.9 Å². The third kappa shape index (κ3) is 30.7. The molecule has 0 rings (SSSR count). The van der Waals surface area contributed by atoms with Gasteiger partial charge in [0, 0.05) is 12.8 Å². The van der Waals surface area contributed by atoms with Crippen molar-refractivity contribution < 1.29 is 24.5 Å². The summed E-state index contributed by atoms with van der Waals surface area (Å²) in [6, 6.07) is 0. The van der Waals surface area contributed by atoms with Crippen LogP contribution in [0.4, 0.5) is 0 Å². The Morgan fingerprint density at radius 3 is 1.37 bits per heavy atom. The molecular formula is C41H72O5. The van der Waals surface area contributed by atoms with Crippen molar-refractivity contribution in [3.8, 4) is 0 Å². The highest BCUT2D eigenvalue weighted by Crippen LogP contribution is 2.15. The predicted molar refractivity (Wildman–Crippen MR) is 196 cm³/mol. The van der Waals surface area contributed by atoms with E-state index >= 15 is 0 Å². The zero-order valence-electron chi connectivity index (χ0n) is 30.0. The summed E-state index contributed by atoms with van der Waals surface area (Å²) in [7, 11) is 0. The van der Waals surface area contributed by atoms with Gasteiger partial charge in [0.25, 0.3) is 0 Å². The first-order chi connectivity index (χ1) is 22.6. The van der Waals surface area contributed by atoms with Crippen LogP contribution in [0.3, 0.4) is 0 Å². The molecule has 2 unspecified atom stereocenters. The van der Waals surface area contributed by atoms with Crippen LogP contribution in [0.5, 0.6) is 0 Å². The number of Topliss-reactive ketones (excluding diaryl/α,β-unsaturated/α-hetero) is 1. The molecule has 2 N–H and O–H groups in total. The standard InChI is InChI=1S/C41H72O5/c1-3-5-7-9-11-13-15-17-19-20-22-24-26-28-30-32-34-36-40(44)46-39(37-42)41(45)38(43)35-33-31-29-27-25-23-21-18-16-14-12-10-8-6-4-2/h11,13,17,19,22,24,28,30,39,41-42,45H,3-10,12,14-16,18,20-21,23,25-27,29,31-37H2,1-2H3/b13-11-,19-17-,24-22-,30-28-. The number of allylic oxidation sites excluding steroid dienone is 8. The number of unbranched alkanes of at least 4 members (excludes halogenated alkanes) is 18. The van der Waals surface area contributed by atoms with Crippen molar-refractivity contribution >= 4 is 11.8 Å². The summed E-state index contributed by atoms with van der Waals surface area (Å²) in [6.45, 7) is 3.93. The third-order valence-electron chi connectivity index (χ3n) is 8.38. The van der Waals surface area contributed by atoms with Gasteiger partial charge in [-0.2, -0.15) is 0 Å². The van der Waals surface area contributed by atoms with Crippen molar-refractivity contribution in [1.29, 1.82) is 0 Å². The summed E-state index contributed by atoms with van der Waals surface area (Å²) in [4.78, 5) is 24.6. The van der Waals surface area contributed by atoms with Crippen LogP contribution in [0.25, 0.3) is 0 Å². The molecular weight excluding hydrogens is 572 g/mol. The van der Waals surface area contributed by atoms with Crippen LogP contribution in [0.15, 0.2) is 48.6 Å². The Balaban J connectivity index is 3.81. The van der Waals surface area contributed by atoms with E-state index in [-0.39, 0.29) is 18.6 Å². The molecule has 0 aliphatic carbocycles. The molecule has 0 spiro atoms. The Morgan fingerprint density at radius 2 is 0.913 bits per heavy atom. The molecule has 266 valence electrons. The van der Waals surface area contributed by atoms with E-state index in [9.17, 15) is 19.8 Å². The maximum absolute atomic E-state index is 12.4. The van der Waals surface area contributed by atoms with Crippen molar-refractivity contribution in [2.45, 2.75) is 193 Å². The summed E-state index contributed by atoms with van der Waals surface area (Å²) >= 11 is 0. The molecule has 46 heavy (non-hydrogen) atoms. The van der Waals surface area contributed by atoms with Gasteiger partial charge in [0.1, 0.15) is 0 Å². The average molecular weight is 645 g/mol. The molecule has 0 fully saturated rings. The molecule has 0 aromatic carbocycles. The number of aliphatic hydroxyl groups is 2. The molecule has 2 atom stereocenters. The normalized spacial score (nSPS) is 13.5. The molecule has 0 aliphatic heterocycles. The van der Waals surface area contributed by atoms with Crippen LogP contribution < -0.4 is 0 Å². The second-order valence-electron chi connectivity index (χ2n) is 12.8. The summed E-state index contributed by atoms with van der Waals surface area (Å²) in [6.07, 6.45) is 43.1. The maximum Gasteiger partial charge on any atom is 0.306 e. The first-order valence-electron chi connectivity index (χ1n) is 19.2. The Bertz CT molecular complexity index is 797. The molecule has 0 bridgehead atoms. The zero-order chi connectivity index (χ0) is 33.8. The van der Waals surface area contributed by atoms with Crippen molar-refractivity contribution in [2.75, 3.05) is 6.61 Å². The Morgan fingerprint density at radius 1 is 0.522 bits per heavy atom. The number of rotatable bonds is 34. The minimum atomic E-state index is -1.46. The van der Waals surface area contributed by atoms with Gasteiger partial charge in [0.05, 0.1) is 6.61 Å². The van der Waals surface area contributed by atoms with E-state index in [0.717, 1.165) is 44.9 Å². The second-order valence-corrected chi connectivity index (χ2v) is 12.8. The van der Waals surface area contributed by atoms with E-state index in [1.165, 1.54) is 103 Å². The molecule has 0 aromatic rings. The summed E-state index contributed by atoms with van der Waals surface area (Å²) in [5, 5.41) is 20.0. The lowest BCUT2D eigenvalue weighted by Gasteiger charge is -2.20. The Labute approximate surface area is 284 Å². The minimum absolute atomic E-state index is 0.189. The molecule has 0 saturated carbocycles. The van der Waals surface area contributed by atoms with Gasteiger partial charge in [-0.25, -0.2) is 0 Å². The molecule has 0 amide bonds. The van der Waals surface area contributed by atoms with Crippen LogP contribution in [0.2, 0.25) is 0 Å². The van der Waals surface area contributed by atoms with Gasteiger partial charge in [-0.05, 0) is 51.4 Å². The summed E-state index contributed by atoms with van der Waals surface area (Å²) < 4.78 is 5.23.